The third-order valence-electron chi connectivity index (χ3n) is 3.38. The highest BCUT2D eigenvalue weighted by Crippen LogP contribution is 2.22. The first kappa shape index (κ1) is 19.2. The molecule has 1 N–H and O–H groups in total. The van der Waals surface area contributed by atoms with E-state index >= 15 is 0 Å². The molecule has 0 saturated heterocycles. The average Bonchev–Trinajstić information content (AvgIpc) is 2.66. The summed E-state index contributed by atoms with van der Waals surface area (Å²) in [5.41, 5.74) is 1.78. The zero-order valence-corrected chi connectivity index (χ0v) is 14.7. The van der Waals surface area contributed by atoms with E-state index in [1.54, 1.807) is 30.3 Å². The molecule has 0 radical (unpaired) electrons. The van der Waals surface area contributed by atoms with E-state index in [1.807, 2.05) is 36.4 Å². The number of carbonyl (C=O) groups excluding carboxylic acids is 2. The lowest BCUT2D eigenvalue weighted by atomic mass is 10.0. The molecule has 0 aliphatic rings. The number of carbonyl (C=O) groups is 2. The van der Waals surface area contributed by atoms with Gasteiger partial charge in [0.15, 0.2) is 6.61 Å². The van der Waals surface area contributed by atoms with E-state index in [-0.39, 0.29) is 13.0 Å². The van der Waals surface area contributed by atoms with Crippen LogP contribution in [-0.2, 0) is 14.3 Å². The van der Waals surface area contributed by atoms with Gasteiger partial charge in [0.05, 0.1) is 18.1 Å². The number of amides is 1. The van der Waals surface area contributed by atoms with Gasteiger partial charge in [0.25, 0.3) is 5.91 Å². The third kappa shape index (κ3) is 6.08. The maximum Gasteiger partial charge on any atom is 0.339 e. The van der Waals surface area contributed by atoms with Crippen molar-refractivity contribution in [1.82, 2.24) is 5.32 Å². The Bertz CT molecular complexity index is 824. The molecule has 2 aromatic carbocycles. The Morgan fingerprint density at radius 2 is 1.81 bits per heavy atom. The molecule has 0 heterocycles. The molecule has 0 aliphatic heterocycles. The van der Waals surface area contributed by atoms with E-state index in [2.05, 4.69) is 5.32 Å². The van der Waals surface area contributed by atoms with Crippen LogP contribution in [0.2, 0.25) is 5.02 Å². The number of rotatable bonds is 7. The Morgan fingerprint density at radius 3 is 2.46 bits per heavy atom. The predicted molar refractivity (Wildman–Crippen MR) is 100.0 cm³/mol. The fraction of sp³-hybridized carbons (Fsp3) is 0.150. The highest BCUT2D eigenvalue weighted by molar-refractivity contribution is 6.30. The first-order chi connectivity index (χ1) is 12.6. The average molecular weight is 369 g/mol. The van der Waals surface area contributed by atoms with Crippen LogP contribution < -0.4 is 5.32 Å². The summed E-state index contributed by atoms with van der Waals surface area (Å²) in [6.07, 6.45) is 1.89. The number of nitriles is 1. The van der Waals surface area contributed by atoms with Gasteiger partial charge in [-0.25, -0.2) is 4.79 Å². The normalized spacial score (nSPS) is 10.7. The number of benzene rings is 2. The highest BCUT2D eigenvalue weighted by Gasteiger charge is 2.15. The van der Waals surface area contributed by atoms with Crippen LogP contribution in [0.25, 0.3) is 11.6 Å². The molecule has 0 unspecified atom stereocenters. The number of nitrogens with one attached hydrogen (secondary N) is 1. The van der Waals surface area contributed by atoms with Crippen molar-refractivity contribution >= 4 is 35.1 Å². The standard InChI is InChI=1S/C20H17ClN2O3/c21-17-9-7-16(8-10-17)18(13-15-5-2-1-3-6-15)20(25)26-14-19(24)23-12-4-11-22/h1-3,5-10,13H,4,12,14H2,(H,23,24)/b18-13+. The molecule has 6 heteroatoms. The zero-order valence-electron chi connectivity index (χ0n) is 13.9. The largest absolute Gasteiger partial charge is 0.452 e. The van der Waals surface area contributed by atoms with Gasteiger partial charge in [-0.1, -0.05) is 54.1 Å². The molecule has 1 amide bonds. The lowest BCUT2D eigenvalue weighted by Crippen LogP contribution is -2.29. The molecule has 0 bridgehead atoms. The van der Waals surface area contributed by atoms with Gasteiger partial charge in [-0.3, -0.25) is 4.79 Å². The quantitative estimate of drug-likeness (QED) is 0.351. The summed E-state index contributed by atoms with van der Waals surface area (Å²) in [6, 6.07) is 18.0. The molecule has 5 nitrogen and oxygen atoms in total. The summed E-state index contributed by atoms with van der Waals surface area (Å²) in [5.74, 6) is -1.07. The number of halogens is 1. The number of nitrogens with zero attached hydrogens (tertiary/aromatic N) is 1. The second-order valence-electron chi connectivity index (χ2n) is 5.31. The molecule has 26 heavy (non-hydrogen) atoms. The minimum Gasteiger partial charge on any atom is -0.452 e. The first-order valence-corrected chi connectivity index (χ1v) is 8.31. The number of hydrogen-bond donors (Lipinski definition) is 1. The maximum absolute atomic E-state index is 12.5. The molecule has 132 valence electrons. The summed E-state index contributed by atoms with van der Waals surface area (Å²) in [6.45, 7) is -0.194. The summed E-state index contributed by atoms with van der Waals surface area (Å²) in [5, 5.41) is 11.5. The van der Waals surface area contributed by atoms with Crippen LogP contribution in [0.1, 0.15) is 17.5 Å². The van der Waals surface area contributed by atoms with Crippen molar-refractivity contribution in [1.29, 1.82) is 5.26 Å². The molecule has 0 fully saturated rings. The molecular weight excluding hydrogens is 352 g/mol. The van der Waals surface area contributed by atoms with E-state index in [4.69, 9.17) is 21.6 Å². The monoisotopic (exact) mass is 368 g/mol. The minimum atomic E-state index is -0.619. The van der Waals surface area contributed by atoms with Crippen LogP contribution >= 0.6 is 11.6 Å². The number of ether oxygens (including phenoxy) is 1. The molecule has 2 aromatic rings. The summed E-state index contributed by atoms with van der Waals surface area (Å²) < 4.78 is 5.12. The van der Waals surface area contributed by atoms with E-state index in [1.165, 1.54) is 0 Å². The Hall–Kier alpha value is -3.10. The van der Waals surface area contributed by atoms with Crippen molar-refractivity contribution in [3.8, 4) is 6.07 Å². The van der Waals surface area contributed by atoms with Gasteiger partial charge in [0.2, 0.25) is 0 Å². The highest BCUT2D eigenvalue weighted by atomic mass is 35.5. The van der Waals surface area contributed by atoms with Gasteiger partial charge in [-0.15, -0.1) is 0 Å². The van der Waals surface area contributed by atoms with Crippen LogP contribution in [-0.4, -0.2) is 25.0 Å². The molecule has 2 rings (SSSR count). The fourth-order valence-electron chi connectivity index (χ4n) is 2.12. The van der Waals surface area contributed by atoms with Crippen molar-refractivity contribution < 1.29 is 14.3 Å². The summed E-state index contributed by atoms with van der Waals surface area (Å²) in [7, 11) is 0. The van der Waals surface area contributed by atoms with Crippen LogP contribution in [0.5, 0.6) is 0 Å². The smallest absolute Gasteiger partial charge is 0.339 e. The molecule has 0 spiro atoms. The molecular formula is C20H17ClN2O3. The van der Waals surface area contributed by atoms with Crippen LogP contribution in [0.4, 0.5) is 0 Å². The van der Waals surface area contributed by atoms with Crippen LogP contribution in [0, 0.1) is 11.3 Å². The minimum absolute atomic E-state index is 0.198. The van der Waals surface area contributed by atoms with E-state index in [0.717, 1.165) is 5.56 Å². The maximum atomic E-state index is 12.5. The van der Waals surface area contributed by atoms with Crippen molar-refractivity contribution in [2.24, 2.45) is 0 Å². The lowest BCUT2D eigenvalue weighted by Gasteiger charge is -2.09. The van der Waals surface area contributed by atoms with E-state index in [0.29, 0.717) is 16.2 Å². The van der Waals surface area contributed by atoms with Gasteiger partial charge in [-0.2, -0.15) is 5.26 Å². The SMILES string of the molecule is N#CCCNC(=O)COC(=O)/C(=C/c1ccccc1)c1ccc(Cl)cc1. The third-order valence-corrected chi connectivity index (χ3v) is 3.63. The van der Waals surface area contributed by atoms with Crippen molar-refractivity contribution in [3.05, 3.63) is 70.7 Å². The summed E-state index contributed by atoms with van der Waals surface area (Å²) >= 11 is 5.91. The Labute approximate surface area is 156 Å². The van der Waals surface area contributed by atoms with Gasteiger partial charge in [0, 0.05) is 11.6 Å². The first-order valence-electron chi connectivity index (χ1n) is 7.93. The van der Waals surface area contributed by atoms with Crippen molar-refractivity contribution in [2.75, 3.05) is 13.2 Å². The van der Waals surface area contributed by atoms with Gasteiger partial charge in [-0.05, 0) is 29.3 Å². The predicted octanol–water partition coefficient (Wildman–Crippen LogP) is 3.45. The van der Waals surface area contributed by atoms with Crippen molar-refractivity contribution in [2.45, 2.75) is 6.42 Å². The Balaban J connectivity index is 2.14. The molecule has 0 atom stereocenters. The Kier molecular flexibility index (Phi) is 7.41. The van der Waals surface area contributed by atoms with Gasteiger partial charge >= 0.3 is 5.97 Å². The molecule has 0 aliphatic carbocycles. The van der Waals surface area contributed by atoms with E-state index in [9.17, 15) is 9.59 Å². The lowest BCUT2D eigenvalue weighted by molar-refractivity contribution is -0.142. The van der Waals surface area contributed by atoms with Gasteiger partial charge < -0.3 is 10.1 Å². The summed E-state index contributed by atoms with van der Waals surface area (Å²) in [4.78, 5) is 24.2. The molecule has 0 saturated carbocycles. The van der Waals surface area contributed by atoms with E-state index < -0.39 is 18.5 Å². The Morgan fingerprint density at radius 1 is 1.12 bits per heavy atom. The zero-order chi connectivity index (χ0) is 18.8. The van der Waals surface area contributed by atoms with Crippen LogP contribution in [0.15, 0.2) is 54.6 Å². The number of hydrogen-bond acceptors (Lipinski definition) is 4. The van der Waals surface area contributed by atoms with Crippen LogP contribution in [0.3, 0.4) is 0 Å². The molecule has 0 aromatic heterocycles. The topological polar surface area (TPSA) is 79.2 Å². The van der Waals surface area contributed by atoms with Crippen molar-refractivity contribution in [3.63, 3.8) is 0 Å². The van der Waals surface area contributed by atoms with Gasteiger partial charge in [0.1, 0.15) is 0 Å². The second kappa shape index (κ2) is 10.0. The fourth-order valence-corrected chi connectivity index (χ4v) is 2.25. The number of esters is 1. The second-order valence-corrected chi connectivity index (χ2v) is 5.75.